The van der Waals surface area contributed by atoms with Crippen LogP contribution in [0, 0.1) is 5.92 Å². The van der Waals surface area contributed by atoms with Gasteiger partial charge in [-0.2, -0.15) is 4.98 Å². The molecule has 27 heavy (non-hydrogen) atoms. The van der Waals surface area contributed by atoms with Crippen LogP contribution in [0.15, 0.2) is 35.0 Å². The molecule has 1 fully saturated rings. The molecule has 2 aliphatic rings. The summed E-state index contributed by atoms with van der Waals surface area (Å²) in [4.78, 5) is 23.6. The molecule has 142 valence electrons. The zero-order valence-corrected chi connectivity index (χ0v) is 15.2. The van der Waals surface area contributed by atoms with Gasteiger partial charge in [-0.15, -0.1) is 0 Å². The SMILES string of the molecule is COc1ccc(-c2noc(C3CC=CCC3C(=O)N3CCOCC3)n2)cn1. The first-order chi connectivity index (χ1) is 13.3. The van der Waals surface area contributed by atoms with Gasteiger partial charge in [0, 0.05) is 30.9 Å². The topological polar surface area (TPSA) is 90.6 Å². The van der Waals surface area contributed by atoms with E-state index in [0.29, 0.717) is 56.7 Å². The molecule has 8 nitrogen and oxygen atoms in total. The molecule has 3 heterocycles. The number of carbonyl (C=O) groups excluding carboxylic acids is 1. The summed E-state index contributed by atoms with van der Waals surface area (Å²) in [5.74, 6) is 1.33. The van der Waals surface area contributed by atoms with Crippen LogP contribution >= 0.6 is 0 Å². The van der Waals surface area contributed by atoms with Crippen molar-refractivity contribution in [2.45, 2.75) is 18.8 Å². The van der Waals surface area contributed by atoms with Crippen LogP contribution in [0.25, 0.3) is 11.4 Å². The minimum atomic E-state index is -0.185. The number of rotatable bonds is 4. The van der Waals surface area contributed by atoms with Crippen molar-refractivity contribution in [1.82, 2.24) is 20.0 Å². The molecule has 0 spiro atoms. The molecule has 2 unspecified atom stereocenters. The second kappa shape index (κ2) is 7.87. The average Bonchev–Trinajstić information content (AvgIpc) is 3.24. The van der Waals surface area contributed by atoms with Gasteiger partial charge in [0.2, 0.25) is 23.5 Å². The van der Waals surface area contributed by atoms with Gasteiger partial charge in [0.1, 0.15) is 0 Å². The van der Waals surface area contributed by atoms with Gasteiger partial charge in [-0.25, -0.2) is 4.98 Å². The van der Waals surface area contributed by atoms with Crippen molar-refractivity contribution in [1.29, 1.82) is 0 Å². The lowest BCUT2D eigenvalue weighted by Gasteiger charge is -2.33. The molecule has 0 radical (unpaired) electrons. The number of carbonyl (C=O) groups is 1. The first kappa shape index (κ1) is 17.7. The van der Waals surface area contributed by atoms with E-state index in [0.717, 1.165) is 5.56 Å². The number of hydrogen-bond acceptors (Lipinski definition) is 7. The Morgan fingerprint density at radius 3 is 2.78 bits per heavy atom. The van der Waals surface area contributed by atoms with Gasteiger partial charge in [0.15, 0.2) is 0 Å². The Bertz CT molecular complexity index is 811. The van der Waals surface area contributed by atoms with E-state index >= 15 is 0 Å². The lowest BCUT2D eigenvalue weighted by molar-refractivity contribution is -0.140. The second-order valence-corrected chi connectivity index (χ2v) is 6.64. The summed E-state index contributed by atoms with van der Waals surface area (Å²) in [6, 6.07) is 3.58. The number of hydrogen-bond donors (Lipinski definition) is 0. The molecule has 1 saturated heterocycles. The molecule has 2 atom stereocenters. The number of amides is 1. The zero-order chi connectivity index (χ0) is 18.6. The van der Waals surface area contributed by atoms with E-state index in [9.17, 15) is 4.79 Å². The van der Waals surface area contributed by atoms with Gasteiger partial charge in [0.05, 0.1) is 32.2 Å². The Labute approximate surface area is 157 Å². The van der Waals surface area contributed by atoms with E-state index in [2.05, 4.69) is 27.3 Å². The number of nitrogens with zero attached hydrogens (tertiary/aromatic N) is 4. The monoisotopic (exact) mass is 370 g/mol. The van der Waals surface area contributed by atoms with Crippen LogP contribution in [-0.2, 0) is 9.53 Å². The van der Waals surface area contributed by atoms with Crippen molar-refractivity contribution in [3.63, 3.8) is 0 Å². The van der Waals surface area contributed by atoms with Gasteiger partial charge in [0.25, 0.3) is 0 Å². The molecule has 0 bridgehead atoms. The minimum absolute atomic E-state index is 0.113. The first-order valence-corrected chi connectivity index (χ1v) is 9.12. The molecule has 2 aromatic heterocycles. The first-order valence-electron chi connectivity index (χ1n) is 9.12. The highest BCUT2D eigenvalue weighted by Crippen LogP contribution is 2.36. The predicted molar refractivity (Wildman–Crippen MR) is 96.1 cm³/mol. The normalized spacial score (nSPS) is 22.6. The highest BCUT2D eigenvalue weighted by Gasteiger charge is 2.36. The molecular weight excluding hydrogens is 348 g/mol. The predicted octanol–water partition coefficient (Wildman–Crippen LogP) is 2.05. The number of aromatic nitrogens is 3. The van der Waals surface area contributed by atoms with E-state index in [4.69, 9.17) is 14.0 Å². The third kappa shape index (κ3) is 3.71. The fourth-order valence-corrected chi connectivity index (χ4v) is 3.51. The molecule has 1 amide bonds. The number of ether oxygens (including phenoxy) is 2. The van der Waals surface area contributed by atoms with Crippen LogP contribution < -0.4 is 4.74 Å². The molecule has 1 aliphatic heterocycles. The summed E-state index contributed by atoms with van der Waals surface area (Å²) in [5.41, 5.74) is 0.744. The van der Waals surface area contributed by atoms with Gasteiger partial charge in [-0.05, 0) is 18.9 Å². The number of pyridine rings is 1. The summed E-state index contributed by atoms with van der Waals surface area (Å²) >= 11 is 0. The van der Waals surface area contributed by atoms with Crippen molar-refractivity contribution in [3.8, 4) is 17.3 Å². The van der Waals surface area contributed by atoms with Crippen LogP contribution in [0.4, 0.5) is 0 Å². The lowest BCUT2D eigenvalue weighted by atomic mass is 9.81. The summed E-state index contributed by atoms with van der Waals surface area (Å²) in [5, 5.41) is 4.09. The zero-order valence-electron chi connectivity index (χ0n) is 15.2. The highest BCUT2D eigenvalue weighted by atomic mass is 16.5. The fraction of sp³-hybridized carbons (Fsp3) is 0.474. The molecule has 0 saturated carbocycles. The quantitative estimate of drug-likeness (QED) is 0.761. The van der Waals surface area contributed by atoms with Crippen LogP contribution in [0.5, 0.6) is 5.88 Å². The second-order valence-electron chi connectivity index (χ2n) is 6.64. The Balaban J connectivity index is 1.54. The molecule has 0 aromatic carbocycles. The summed E-state index contributed by atoms with van der Waals surface area (Å²) in [6.45, 7) is 2.46. The molecule has 4 rings (SSSR count). The van der Waals surface area contributed by atoms with Crippen LogP contribution in [0.2, 0.25) is 0 Å². The van der Waals surface area contributed by atoms with Crippen molar-refractivity contribution in [2.75, 3.05) is 33.4 Å². The molecule has 2 aromatic rings. The maximum atomic E-state index is 13.0. The molecule has 0 N–H and O–H groups in total. The Kier molecular flexibility index (Phi) is 5.15. The van der Waals surface area contributed by atoms with Crippen molar-refractivity contribution >= 4 is 5.91 Å². The van der Waals surface area contributed by atoms with E-state index in [1.165, 1.54) is 0 Å². The van der Waals surface area contributed by atoms with Crippen LogP contribution in [-0.4, -0.2) is 59.3 Å². The average molecular weight is 370 g/mol. The van der Waals surface area contributed by atoms with Gasteiger partial charge in [-0.3, -0.25) is 4.79 Å². The summed E-state index contributed by atoms with van der Waals surface area (Å²) in [6.07, 6.45) is 7.17. The van der Waals surface area contributed by atoms with E-state index in [1.807, 2.05) is 11.0 Å². The maximum Gasteiger partial charge on any atom is 0.231 e. The molecule has 1 aliphatic carbocycles. The third-order valence-electron chi connectivity index (χ3n) is 5.03. The van der Waals surface area contributed by atoms with Crippen molar-refractivity contribution in [2.24, 2.45) is 5.92 Å². The fourth-order valence-electron chi connectivity index (χ4n) is 3.51. The van der Waals surface area contributed by atoms with Crippen molar-refractivity contribution in [3.05, 3.63) is 36.4 Å². The van der Waals surface area contributed by atoms with Gasteiger partial charge < -0.3 is 18.9 Å². The number of methoxy groups -OCH3 is 1. The lowest BCUT2D eigenvalue weighted by Crippen LogP contribution is -2.45. The number of morpholine rings is 1. The smallest absolute Gasteiger partial charge is 0.231 e. The van der Waals surface area contributed by atoms with Crippen molar-refractivity contribution < 1.29 is 18.8 Å². The molecular formula is C19H22N4O4. The third-order valence-corrected chi connectivity index (χ3v) is 5.03. The standard InChI is InChI=1S/C19H22N4O4/c1-25-16-7-6-13(12-20-16)17-21-18(27-22-17)14-4-2-3-5-15(14)19(24)23-8-10-26-11-9-23/h2-3,6-7,12,14-15H,4-5,8-11H2,1H3. The van der Waals surface area contributed by atoms with E-state index in [-0.39, 0.29) is 17.7 Å². The Morgan fingerprint density at radius 1 is 1.22 bits per heavy atom. The van der Waals surface area contributed by atoms with E-state index in [1.54, 1.807) is 19.4 Å². The Hall–Kier alpha value is -2.74. The van der Waals surface area contributed by atoms with E-state index < -0.39 is 0 Å². The largest absolute Gasteiger partial charge is 0.481 e. The van der Waals surface area contributed by atoms with Crippen LogP contribution in [0.1, 0.15) is 24.7 Å². The summed E-state index contributed by atoms with van der Waals surface area (Å²) < 4.78 is 16.0. The number of allylic oxidation sites excluding steroid dienone is 2. The summed E-state index contributed by atoms with van der Waals surface area (Å²) in [7, 11) is 1.57. The van der Waals surface area contributed by atoms with Gasteiger partial charge in [-0.1, -0.05) is 17.3 Å². The minimum Gasteiger partial charge on any atom is -0.481 e. The Morgan fingerprint density at radius 2 is 2.04 bits per heavy atom. The molecule has 8 heteroatoms. The van der Waals surface area contributed by atoms with Gasteiger partial charge >= 0.3 is 0 Å². The maximum absolute atomic E-state index is 13.0. The van der Waals surface area contributed by atoms with Crippen LogP contribution in [0.3, 0.4) is 0 Å². The highest BCUT2D eigenvalue weighted by molar-refractivity contribution is 5.80.